The molecule has 1 saturated heterocycles. The first-order chi connectivity index (χ1) is 7.53. The Labute approximate surface area is 94.0 Å². The molecule has 0 radical (unpaired) electrons. The van der Waals surface area contributed by atoms with Crippen LogP contribution in [0.2, 0.25) is 0 Å². The molecule has 2 unspecified atom stereocenters. The molecule has 5 heteroatoms. The summed E-state index contributed by atoms with van der Waals surface area (Å²) in [6, 6.07) is -0.699. The Morgan fingerprint density at radius 3 is 2.25 bits per heavy atom. The summed E-state index contributed by atoms with van der Waals surface area (Å²) in [5.41, 5.74) is -1.03. The van der Waals surface area contributed by atoms with Crippen molar-refractivity contribution in [2.75, 3.05) is 0 Å². The van der Waals surface area contributed by atoms with E-state index in [0.29, 0.717) is 0 Å². The number of barbiturate groups is 1. The van der Waals surface area contributed by atoms with Gasteiger partial charge in [-0.15, -0.1) is 0 Å². The van der Waals surface area contributed by atoms with Crippen molar-refractivity contribution >= 4 is 17.8 Å². The van der Waals surface area contributed by atoms with E-state index in [-0.39, 0.29) is 11.8 Å². The monoisotopic (exact) mass is 224 g/mol. The summed E-state index contributed by atoms with van der Waals surface area (Å²) in [7, 11) is 0. The number of nitrogens with one attached hydrogen (secondary N) is 2. The van der Waals surface area contributed by atoms with Crippen LogP contribution >= 0.6 is 0 Å². The minimum absolute atomic E-state index is 0.00875. The second-order valence-corrected chi connectivity index (χ2v) is 4.69. The van der Waals surface area contributed by atoms with Crippen LogP contribution in [0.4, 0.5) is 4.79 Å². The lowest BCUT2D eigenvalue weighted by atomic mass is 9.69. The van der Waals surface area contributed by atoms with Gasteiger partial charge in [-0.2, -0.15) is 0 Å². The molecule has 1 aliphatic carbocycles. The molecule has 5 nitrogen and oxygen atoms in total. The smallest absolute Gasteiger partial charge is 0.277 e. The van der Waals surface area contributed by atoms with E-state index in [4.69, 9.17) is 0 Å². The van der Waals surface area contributed by atoms with Gasteiger partial charge in [0.15, 0.2) is 0 Å². The van der Waals surface area contributed by atoms with Gasteiger partial charge in [-0.25, -0.2) is 4.79 Å². The van der Waals surface area contributed by atoms with Crippen LogP contribution in [0.3, 0.4) is 0 Å². The number of hydrogen-bond donors (Lipinski definition) is 2. The highest BCUT2D eigenvalue weighted by Crippen LogP contribution is 2.50. The molecule has 0 aromatic heterocycles. The van der Waals surface area contributed by atoms with Crippen LogP contribution < -0.4 is 10.6 Å². The molecule has 16 heavy (non-hydrogen) atoms. The number of urea groups is 1. The van der Waals surface area contributed by atoms with E-state index in [1.165, 1.54) is 0 Å². The first-order valence-electron chi connectivity index (χ1n) is 5.70. The fraction of sp³-hybridized carbons (Fsp3) is 0.727. The Bertz CT molecular complexity index is 344. The van der Waals surface area contributed by atoms with Gasteiger partial charge in [0.25, 0.3) is 0 Å². The second kappa shape index (κ2) is 3.57. The number of rotatable bonds is 1. The van der Waals surface area contributed by atoms with E-state index in [1.807, 2.05) is 13.8 Å². The fourth-order valence-corrected chi connectivity index (χ4v) is 3.20. The molecule has 0 aromatic carbocycles. The zero-order valence-corrected chi connectivity index (χ0v) is 9.50. The van der Waals surface area contributed by atoms with Crippen molar-refractivity contribution in [3.05, 3.63) is 0 Å². The van der Waals surface area contributed by atoms with Crippen LogP contribution in [0.15, 0.2) is 0 Å². The SMILES string of the molecule is CCC1CCC(C)C12C(=O)NC(=O)NC2=O. The van der Waals surface area contributed by atoms with Gasteiger partial charge in [0.2, 0.25) is 11.8 Å². The standard InChI is InChI=1S/C11H16N2O3/c1-3-7-5-4-6(2)11(7)8(14)12-10(16)13-9(11)15/h6-7H,3-5H2,1-2H3,(H2,12,13,14,15,16). The number of hydrogen-bond acceptors (Lipinski definition) is 3. The second-order valence-electron chi connectivity index (χ2n) is 4.69. The molecule has 0 bridgehead atoms. The highest BCUT2D eigenvalue weighted by Gasteiger charge is 2.60. The summed E-state index contributed by atoms with van der Waals surface area (Å²) >= 11 is 0. The van der Waals surface area contributed by atoms with Gasteiger partial charge < -0.3 is 0 Å². The van der Waals surface area contributed by atoms with Crippen LogP contribution in [0.1, 0.15) is 33.1 Å². The summed E-state index contributed by atoms with van der Waals surface area (Å²) < 4.78 is 0. The van der Waals surface area contributed by atoms with Crippen LogP contribution in [0.5, 0.6) is 0 Å². The van der Waals surface area contributed by atoms with E-state index in [0.717, 1.165) is 19.3 Å². The summed E-state index contributed by atoms with van der Waals surface area (Å²) in [6.07, 6.45) is 2.50. The third-order valence-electron chi connectivity index (χ3n) is 4.07. The molecular formula is C11H16N2O3. The molecule has 2 rings (SSSR count). The van der Waals surface area contributed by atoms with Crippen LogP contribution in [-0.4, -0.2) is 17.8 Å². The van der Waals surface area contributed by atoms with Crippen LogP contribution in [0, 0.1) is 17.3 Å². The summed E-state index contributed by atoms with van der Waals surface area (Å²) in [5.74, 6) is -0.808. The van der Waals surface area contributed by atoms with Crippen LogP contribution in [0.25, 0.3) is 0 Å². The van der Waals surface area contributed by atoms with Crippen molar-refractivity contribution in [3.63, 3.8) is 0 Å². The molecule has 2 N–H and O–H groups in total. The predicted molar refractivity (Wildman–Crippen MR) is 56.3 cm³/mol. The molecule has 1 saturated carbocycles. The molecule has 2 aliphatic rings. The minimum atomic E-state index is -1.03. The van der Waals surface area contributed by atoms with Gasteiger partial charge >= 0.3 is 6.03 Å². The van der Waals surface area contributed by atoms with Gasteiger partial charge in [0.1, 0.15) is 5.41 Å². The van der Waals surface area contributed by atoms with Gasteiger partial charge in [0, 0.05) is 0 Å². The van der Waals surface area contributed by atoms with E-state index in [9.17, 15) is 14.4 Å². The minimum Gasteiger partial charge on any atom is -0.277 e. The molecule has 2 atom stereocenters. The number of amides is 4. The average Bonchev–Trinajstić information content (AvgIpc) is 2.53. The van der Waals surface area contributed by atoms with E-state index >= 15 is 0 Å². The Morgan fingerprint density at radius 2 is 1.75 bits per heavy atom. The maximum atomic E-state index is 12.0. The first-order valence-corrected chi connectivity index (χ1v) is 5.70. The van der Waals surface area contributed by atoms with E-state index in [2.05, 4.69) is 10.6 Å². The van der Waals surface area contributed by atoms with Gasteiger partial charge in [-0.05, 0) is 24.7 Å². The summed E-state index contributed by atoms with van der Waals surface area (Å²) in [5, 5.41) is 4.45. The Morgan fingerprint density at radius 1 is 1.19 bits per heavy atom. The quantitative estimate of drug-likeness (QED) is 0.647. The Balaban J connectivity index is 2.44. The Kier molecular flexibility index (Phi) is 2.48. The normalized spacial score (nSPS) is 32.8. The maximum Gasteiger partial charge on any atom is 0.328 e. The van der Waals surface area contributed by atoms with E-state index < -0.39 is 23.3 Å². The van der Waals surface area contributed by atoms with Crippen molar-refractivity contribution < 1.29 is 14.4 Å². The number of carbonyl (C=O) groups excluding carboxylic acids is 3. The van der Waals surface area contributed by atoms with Crippen molar-refractivity contribution in [3.8, 4) is 0 Å². The maximum absolute atomic E-state index is 12.0. The third-order valence-corrected chi connectivity index (χ3v) is 4.07. The van der Waals surface area contributed by atoms with Crippen molar-refractivity contribution in [1.82, 2.24) is 10.6 Å². The van der Waals surface area contributed by atoms with Gasteiger partial charge in [-0.3, -0.25) is 20.2 Å². The summed E-state index contributed by atoms with van der Waals surface area (Å²) in [6.45, 7) is 3.88. The van der Waals surface area contributed by atoms with Crippen LogP contribution in [-0.2, 0) is 9.59 Å². The average molecular weight is 224 g/mol. The lowest BCUT2D eigenvalue weighted by Crippen LogP contribution is -2.65. The molecule has 0 aromatic rings. The molecule has 2 fully saturated rings. The lowest BCUT2D eigenvalue weighted by Gasteiger charge is -2.38. The largest absolute Gasteiger partial charge is 0.328 e. The number of carbonyl (C=O) groups is 3. The van der Waals surface area contributed by atoms with Crippen molar-refractivity contribution in [2.24, 2.45) is 17.3 Å². The van der Waals surface area contributed by atoms with Gasteiger partial charge in [0.05, 0.1) is 0 Å². The topological polar surface area (TPSA) is 75.3 Å². The zero-order chi connectivity index (χ0) is 11.9. The first kappa shape index (κ1) is 11.1. The molecule has 88 valence electrons. The molecule has 1 heterocycles. The highest BCUT2D eigenvalue weighted by molar-refractivity contribution is 6.19. The van der Waals surface area contributed by atoms with Crippen molar-refractivity contribution in [1.29, 1.82) is 0 Å². The molecule has 4 amide bonds. The van der Waals surface area contributed by atoms with E-state index in [1.54, 1.807) is 0 Å². The Hall–Kier alpha value is -1.39. The summed E-state index contributed by atoms with van der Waals surface area (Å²) in [4.78, 5) is 35.1. The molecule has 1 spiro atoms. The van der Waals surface area contributed by atoms with Crippen molar-refractivity contribution in [2.45, 2.75) is 33.1 Å². The number of imide groups is 2. The third kappa shape index (κ3) is 1.20. The zero-order valence-electron chi connectivity index (χ0n) is 9.50. The predicted octanol–water partition coefficient (Wildman–Crippen LogP) is 0.795. The fourth-order valence-electron chi connectivity index (χ4n) is 3.20. The highest BCUT2D eigenvalue weighted by atomic mass is 16.2. The molecular weight excluding hydrogens is 208 g/mol. The van der Waals surface area contributed by atoms with Gasteiger partial charge in [-0.1, -0.05) is 20.3 Å². The lowest BCUT2D eigenvalue weighted by molar-refractivity contribution is -0.150. The molecule has 1 aliphatic heterocycles.